The van der Waals surface area contributed by atoms with Gasteiger partial charge in [0, 0.05) is 6.10 Å². The van der Waals surface area contributed by atoms with Crippen molar-refractivity contribution in [2.24, 2.45) is 0 Å². The maximum absolute atomic E-state index is 7.07. The molecule has 1 atom stereocenters. The Labute approximate surface area is 193 Å². The van der Waals surface area contributed by atoms with Crippen LogP contribution in [-0.4, -0.2) is 14.4 Å². The lowest BCUT2D eigenvalue weighted by Gasteiger charge is -2.33. The molecular weight excluding hydrogens is 392 g/mol. The second kappa shape index (κ2) is 15.4. The van der Waals surface area contributed by atoms with Crippen molar-refractivity contribution in [3.8, 4) is 0 Å². The lowest BCUT2D eigenvalue weighted by Crippen LogP contribution is -2.59. The van der Waals surface area contributed by atoms with Crippen LogP contribution >= 0.6 is 0 Å². The second-order valence-electron chi connectivity index (χ2n) is 9.26. The molecule has 0 saturated heterocycles. The standard InChI is InChI=1S/C29H46OSi/c1-4-6-7-8-9-10-11-12-13-16-22-27(21-5-2)30-31(3,28-23-17-14-18-24-28)29-25-19-15-20-26-29/h14-15,17-20,23-27H,4-13,16,21-22H2,1-3H3. The summed E-state index contributed by atoms with van der Waals surface area (Å²) in [4.78, 5) is 0. The molecule has 0 N–H and O–H groups in total. The van der Waals surface area contributed by atoms with E-state index in [0.29, 0.717) is 6.10 Å². The van der Waals surface area contributed by atoms with Crippen LogP contribution in [0.2, 0.25) is 6.55 Å². The Morgan fingerprint density at radius 2 is 1.03 bits per heavy atom. The summed E-state index contributed by atoms with van der Waals surface area (Å²) >= 11 is 0. The maximum atomic E-state index is 7.07. The van der Waals surface area contributed by atoms with Gasteiger partial charge >= 0.3 is 0 Å². The average Bonchev–Trinajstić information content (AvgIpc) is 2.81. The van der Waals surface area contributed by atoms with Crippen molar-refractivity contribution < 1.29 is 4.43 Å². The van der Waals surface area contributed by atoms with Gasteiger partial charge in [-0.1, -0.05) is 145 Å². The molecule has 0 heterocycles. The number of hydrogen-bond donors (Lipinski definition) is 0. The quantitative estimate of drug-likeness (QED) is 0.180. The van der Waals surface area contributed by atoms with Gasteiger partial charge in [0.25, 0.3) is 8.32 Å². The average molecular weight is 439 g/mol. The molecule has 0 aromatic heterocycles. The zero-order valence-corrected chi connectivity index (χ0v) is 21.5. The van der Waals surface area contributed by atoms with Crippen molar-refractivity contribution in [1.82, 2.24) is 0 Å². The molecule has 1 nitrogen and oxygen atoms in total. The van der Waals surface area contributed by atoms with Crippen molar-refractivity contribution in [3.63, 3.8) is 0 Å². The topological polar surface area (TPSA) is 9.23 Å². The Hall–Kier alpha value is -1.38. The third kappa shape index (κ3) is 9.33. The van der Waals surface area contributed by atoms with Crippen LogP contribution in [0.15, 0.2) is 60.7 Å². The fraction of sp³-hybridized carbons (Fsp3) is 0.586. The monoisotopic (exact) mass is 438 g/mol. The first-order valence-electron chi connectivity index (χ1n) is 13.0. The Morgan fingerprint density at radius 1 is 0.581 bits per heavy atom. The lowest BCUT2D eigenvalue weighted by molar-refractivity contribution is 0.173. The fourth-order valence-corrected chi connectivity index (χ4v) is 7.76. The number of hydrogen-bond acceptors (Lipinski definition) is 1. The van der Waals surface area contributed by atoms with Gasteiger partial charge in [-0.3, -0.25) is 0 Å². The van der Waals surface area contributed by atoms with Gasteiger partial charge in [0.1, 0.15) is 0 Å². The summed E-state index contributed by atoms with van der Waals surface area (Å²) in [7, 11) is -2.20. The van der Waals surface area contributed by atoms with Crippen LogP contribution in [0, 0.1) is 0 Å². The molecule has 0 amide bonds. The first-order chi connectivity index (χ1) is 15.2. The molecule has 0 radical (unpaired) electrons. The summed E-state index contributed by atoms with van der Waals surface area (Å²) < 4.78 is 7.07. The van der Waals surface area contributed by atoms with E-state index in [-0.39, 0.29) is 0 Å². The number of rotatable bonds is 17. The maximum Gasteiger partial charge on any atom is 0.253 e. The first-order valence-corrected chi connectivity index (χ1v) is 15.4. The van der Waals surface area contributed by atoms with E-state index < -0.39 is 8.32 Å². The smallest absolute Gasteiger partial charge is 0.253 e. The molecule has 2 aromatic carbocycles. The molecule has 0 aliphatic rings. The minimum atomic E-state index is -2.20. The van der Waals surface area contributed by atoms with Gasteiger partial charge < -0.3 is 4.43 Å². The molecule has 0 bridgehead atoms. The van der Waals surface area contributed by atoms with Gasteiger partial charge in [0.05, 0.1) is 0 Å². The van der Waals surface area contributed by atoms with Gasteiger partial charge in [0.15, 0.2) is 0 Å². The third-order valence-electron chi connectivity index (χ3n) is 6.54. The predicted molar refractivity (Wildman–Crippen MR) is 140 cm³/mol. The molecule has 0 aliphatic carbocycles. The van der Waals surface area contributed by atoms with Crippen molar-refractivity contribution in [1.29, 1.82) is 0 Å². The van der Waals surface area contributed by atoms with E-state index >= 15 is 0 Å². The molecule has 0 spiro atoms. The Kier molecular flexibility index (Phi) is 12.9. The highest BCUT2D eigenvalue weighted by atomic mass is 28.4. The summed E-state index contributed by atoms with van der Waals surface area (Å²) in [5.41, 5.74) is 0. The Morgan fingerprint density at radius 3 is 1.48 bits per heavy atom. The molecule has 31 heavy (non-hydrogen) atoms. The molecule has 172 valence electrons. The van der Waals surface area contributed by atoms with E-state index in [0.717, 1.165) is 0 Å². The highest BCUT2D eigenvalue weighted by Crippen LogP contribution is 2.19. The van der Waals surface area contributed by atoms with Crippen LogP contribution in [0.3, 0.4) is 0 Å². The van der Waals surface area contributed by atoms with E-state index in [9.17, 15) is 0 Å². The summed E-state index contributed by atoms with van der Waals surface area (Å²) in [5, 5.41) is 2.76. The van der Waals surface area contributed by atoms with E-state index in [1.54, 1.807) is 0 Å². The van der Waals surface area contributed by atoms with Crippen LogP contribution in [0.4, 0.5) is 0 Å². The van der Waals surface area contributed by atoms with Gasteiger partial charge in [-0.15, -0.1) is 0 Å². The molecule has 2 heteroatoms. The van der Waals surface area contributed by atoms with Crippen LogP contribution < -0.4 is 10.4 Å². The highest BCUT2D eigenvalue weighted by molar-refractivity contribution is 6.96. The number of benzene rings is 2. The Bertz CT molecular complexity index is 630. The fourth-order valence-electron chi connectivity index (χ4n) is 4.59. The van der Waals surface area contributed by atoms with Crippen LogP contribution in [0.5, 0.6) is 0 Å². The largest absolute Gasteiger partial charge is 0.405 e. The molecular formula is C29H46OSi. The van der Waals surface area contributed by atoms with E-state index in [1.165, 1.54) is 93.8 Å². The minimum absolute atomic E-state index is 0.371. The van der Waals surface area contributed by atoms with Gasteiger partial charge in [0.2, 0.25) is 0 Å². The Balaban J connectivity index is 1.86. The van der Waals surface area contributed by atoms with Crippen molar-refractivity contribution >= 4 is 18.7 Å². The zero-order valence-electron chi connectivity index (χ0n) is 20.5. The van der Waals surface area contributed by atoms with Crippen LogP contribution in [0.25, 0.3) is 0 Å². The minimum Gasteiger partial charge on any atom is -0.405 e. The van der Waals surface area contributed by atoms with Crippen molar-refractivity contribution in [3.05, 3.63) is 60.7 Å². The number of unbranched alkanes of at least 4 members (excludes halogenated alkanes) is 9. The summed E-state index contributed by atoms with van der Waals surface area (Å²) in [6, 6.07) is 21.9. The predicted octanol–water partition coefficient (Wildman–Crippen LogP) is 7.87. The lowest BCUT2D eigenvalue weighted by atomic mass is 10.0. The molecule has 0 saturated carbocycles. The van der Waals surface area contributed by atoms with Crippen LogP contribution in [-0.2, 0) is 4.43 Å². The molecule has 2 aromatic rings. The second-order valence-corrected chi connectivity index (χ2v) is 12.7. The molecule has 2 rings (SSSR count). The summed E-state index contributed by atoms with van der Waals surface area (Å²) in [5.74, 6) is 0. The van der Waals surface area contributed by atoms with E-state index in [4.69, 9.17) is 4.43 Å². The van der Waals surface area contributed by atoms with E-state index in [1.807, 2.05) is 0 Å². The van der Waals surface area contributed by atoms with Gasteiger partial charge in [-0.25, -0.2) is 0 Å². The SMILES string of the molecule is CCCCCCCCCCCCC(CCC)O[Si](C)(c1ccccc1)c1ccccc1. The summed E-state index contributed by atoms with van der Waals surface area (Å²) in [6.07, 6.45) is 17.8. The molecule has 0 fully saturated rings. The van der Waals surface area contributed by atoms with Crippen molar-refractivity contribution in [2.75, 3.05) is 0 Å². The van der Waals surface area contributed by atoms with Crippen LogP contribution in [0.1, 0.15) is 97.3 Å². The molecule has 1 unspecified atom stereocenters. The van der Waals surface area contributed by atoms with Gasteiger partial charge in [-0.05, 0) is 29.8 Å². The zero-order chi connectivity index (χ0) is 22.2. The van der Waals surface area contributed by atoms with Gasteiger partial charge in [-0.2, -0.15) is 0 Å². The third-order valence-corrected chi connectivity index (χ3v) is 10.2. The highest BCUT2D eigenvalue weighted by Gasteiger charge is 2.36. The van der Waals surface area contributed by atoms with E-state index in [2.05, 4.69) is 81.1 Å². The summed E-state index contributed by atoms with van der Waals surface area (Å²) in [6.45, 7) is 6.97. The normalized spacial score (nSPS) is 12.7. The van der Waals surface area contributed by atoms with Crippen molar-refractivity contribution in [2.45, 2.75) is 110 Å². The first kappa shape index (κ1) is 25.9. The molecule has 0 aliphatic heterocycles.